The second-order valence-electron chi connectivity index (χ2n) is 4.98. The highest BCUT2D eigenvalue weighted by Gasteiger charge is 2.30. The third kappa shape index (κ3) is 2.58. The second kappa shape index (κ2) is 5.40. The first-order chi connectivity index (χ1) is 10.5. The Hall–Kier alpha value is -3.02. The number of para-hydroxylation sites is 1. The maximum absolute atomic E-state index is 12.2. The molecular weight excluding hydrogens is 282 g/mol. The number of carbonyl (C=O) groups is 3. The molecule has 0 aliphatic carbocycles. The lowest BCUT2D eigenvalue weighted by atomic mass is 10.1. The SMILES string of the molecule is CC(=O)N1CC(=O)NC(=Cc2cnc3ccccc3c2)C1=O. The summed E-state index contributed by atoms with van der Waals surface area (Å²) in [5.74, 6) is -1.36. The summed E-state index contributed by atoms with van der Waals surface area (Å²) in [4.78, 5) is 40.4. The van der Waals surface area contributed by atoms with Gasteiger partial charge < -0.3 is 5.32 Å². The molecule has 22 heavy (non-hydrogen) atoms. The number of aromatic nitrogens is 1. The average Bonchev–Trinajstić information content (AvgIpc) is 2.50. The van der Waals surface area contributed by atoms with Gasteiger partial charge in [-0.3, -0.25) is 24.3 Å². The van der Waals surface area contributed by atoms with Gasteiger partial charge in [-0.05, 0) is 23.8 Å². The summed E-state index contributed by atoms with van der Waals surface area (Å²) >= 11 is 0. The van der Waals surface area contributed by atoms with E-state index in [2.05, 4.69) is 10.3 Å². The van der Waals surface area contributed by atoms with Gasteiger partial charge in [0.05, 0.1) is 5.52 Å². The number of pyridine rings is 1. The first-order valence-electron chi connectivity index (χ1n) is 6.73. The minimum absolute atomic E-state index is 0.0727. The molecule has 6 heteroatoms. The fourth-order valence-electron chi connectivity index (χ4n) is 2.29. The minimum Gasteiger partial charge on any atom is -0.320 e. The first-order valence-corrected chi connectivity index (χ1v) is 6.73. The van der Waals surface area contributed by atoms with Crippen LogP contribution in [0.5, 0.6) is 0 Å². The number of imide groups is 1. The van der Waals surface area contributed by atoms with Crippen LogP contribution in [0.1, 0.15) is 12.5 Å². The summed E-state index contributed by atoms with van der Waals surface area (Å²) in [7, 11) is 0. The average molecular weight is 295 g/mol. The van der Waals surface area contributed by atoms with Crippen molar-refractivity contribution in [2.24, 2.45) is 0 Å². The smallest absolute Gasteiger partial charge is 0.277 e. The number of nitrogens with zero attached hydrogens (tertiary/aromatic N) is 2. The lowest BCUT2D eigenvalue weighted by Gasteiger charge is -2.25. The molecule has 1 N–H and O–H groups in total. The monoisotopic (exact) mass is 295 g/mol. The van der Waals surface area contributed by atoms with Crippen molar-refractivity contribution in [1.29, 1.82) is 0 Å². The van der Waals surface area contributed by atoms with Crippen LogP contribution in [0.3, 0.4) is 0 Å². The molecule has 0 bridgehead atoms. The summed E-state index contributed by atoms with van der Waals surface area (Å²) in [5, 5.41) is 3.42. The van der Waals surface area contributed by atoms with Crippen LogP contribution in [0.25, 0.3) is 17.0 Å². The zero-order chi connectivity index (χ0) is 15.7. The molecule has 1 aromatic heterocycles. The molecule has 1 aromatic carbocycles. The minimum atomic E-state index is -0.514. The molecule has 0 spiro atoms. The van der Waals surface area contributed by atoms with E-state index in [0.717, 1.165) is 15.8 Å². The van der Waals surface area contributed by atoms with Crippen molar-refractivity contribution < 1.29 is 14.4 Å². The van der Waals surface area contributed by atoms with Gasteiger partial charge in [0, 0.05) is 18.5 Å². The lowest BCUT2D eigenvalue weighted by Crippen LogP contribution is -2.51. The molecule has 6 nitrogen and oxygen atoms in total. The van der Waals surface area contributed by atoms with E-state index in [9.17, 15) is 14.4 Å². The van der Waals surface area contributed by atoms with Crippen molar-refractivity contribution in [3.63, 3.8) is 0 Å². The standard InChI is InChI=1S/C16H13N3O3/c1-10(20)19-9-15(21)18-14(16(19)22)7-11-6-12-4-2-3-5-13(12)17-8-11/h2-8H,9H2,1H3,(H,18,21). The van der Waals surface area contributed by atoms with Gasteiger partial charge in [0.25, 0.3) is 5.91 Å². The number of hydrogen-bond donors (Lipinski definition) is 1. The summed E-state index contributed by atoms with van der Waals surface area (Å²) in [5.41, 5.74) is 1.59. The quantitative estimate of drug-likeness (QED) is 0.798. The Morgan fingerprint density at radius 3 is 2.86 bits per heavy atom. The third-order valence-corrected chi connectivity index (χ3v) is 3.35. The highest BCUT2D eigenvalue weighted by Crippen LogP contribution is 2.16. The Labute approximate surface area is 126 Å². The van der Waals surface area contributed by atoms with E-state index in [-0.39, 0.29) is 12.2 Å². The van der Waals surface area contributed by atoms with E-state index in [1.54, 1.807) is 6.20 Å². The topological polar surface area (TPSA) is 79.4 Å². The number of rotatable bonds is 1. The summed E-state index contributed by atoms with van der Waals surface area (Å²) in [6.07, 6.45) is 3.14. The number of hydrogen-bond acceptors (Lipinski definition) is 4. The second-order valence-corrected chi connectivity index (χ2v) is 4.98. The summed E-state index contributed by atoms with van der Waals surface area (Å²) in [6, 6.07) is 9.45. The Bertz CT molecular complexity index is 826. The molecule has 1 aliphatic rings. The summed E-state index contributed by atoms with van der Waals surface area (Å²) in [6.45, 7) is 1.01. The molecule has 0 unspecified atom stereocenters. The molecule has 3 rings (SSSR count). The van der Waals surface area contributed by atoms with Gasteiger partial charge in [0.15, 0.2) is 0 Å². The number of benzene rings is 1. The van der Waals surface area contributed by atoms with Crippen molar-refractivity contribution >= 4 is 34.7 Å². The maximum Gasteiger partial charge on any atom is 0.277 e. The van der Waals surface area contributed by atoms with Gasteiger partial charge in [0.2, 0.25) is 11.8 Å². The first kappa shape index (κ1) is 13.9. The van der Waals surface area contributed by atoms with E-state index in [1.165, 1.54) is 13.0 Å². The van der Waals surface area contributed by atoms with Crippen molar-refractivity contribution in [1.82, 2.24) is 15.2 Å². The zero-order valence-corrected chi connectivity index (χ0v) is 11.9. The van der Waals surface area contributed by atoms with E-state index < -0.39 is 17.7 Å². The molecular formula is C16H13N3O3. The molecule has 1 fully saturated rings. The highest BCUT2D eigenvalue weighted by atomic mass is 16.2. The van der Waals surface area contributed by atoms with Crippen molar-refractivity contribution in [3.8, 4) is 0 Å². The van der Waals surface area contributed by atoms with Crippen LogP contribution in [0.15, 0.2) is 42.2 Å². The van der Waals surface area contributed by atoms with Gasteiger partial charge in [-0.15, -0.1) is 0 Å². The number of fused-ring (bicyclic) bond motifs is 1. The Morgan fingerprint density at radius 1 is 1.32 bits per heavy atom. The molecule has 2 heterocycles. The molecule has 1 aliphatic heterocycles. The van der Waals surface area contributed by atoms with Crippen LogP contribution >= 0.6 is 0 Å². The van der Waals surface area contributed by atoms with E-state index >= 15 is 0 Å². The van der Waals surface area contributed by atoms with Crippen molar-refractivity contribution in [3.05, 3.63) is 47.8 Å². The van der Waals surface area contributed by atoms with Gasteiger partial charge in [-0.2, -0.15) is 0 Å². The van der Waals surface area contributed by atoms with Crippen molar-refractivity contribution in [2.75, 3.05) is 6.54 Å². The largest absolute Gasteiger partial charge is 0.320 e. The van der Waals surface area contributed by atoms with Gasteiger partial charge in [-0.1, -0.05) is 18.2 Å². The molecule has 0 radical (unpaired) electrons. The van der Waals surface area contributed by atoms with Crippen molar-refractivity contribution in [2.45, 2.75) is 6.92 Å². The highest BCUT2D eigenvalue weighted by molar-refractivity contribution is 6.12. The van der Waals surface area contributed by atoms with Crippen LogP contribution in [-0.4, -0.2) is 34.2 Å². The fourth-order valence-corrected chi connectivity index (χ4v) is 2.29. The van der Waals surface area contributed by atoms with Gasteiger partial charge in [-0.25, -0.2) is 0 Å². The zero-order valence-electron chi connectivity index (χ0n) is 11.9. The van der Waals surface area contributed by atoms with E-state index in [0.29, 0.717) is 5.56 Å². The lowest BCUT2D eigenvalue weighted by molar-refractivity contribution is -0.147. The maximum atomic E-state index is 12.2. The number of piperazine rings is 1. The Balaban J connectivity index is 1.99. The fraction of sp³-hybridized carbons (Fsp3) is 0.125. The number of carbonyl (C=O) groups excluding carboxylic acids is 3. The van der Waals surface area contributed by atoms with Crippen LogP contribution < -0.4 is 5.32 Å². The molecule has 0 atom stereocenters. The van der Waals surface area contributed by atoms with Crippen LogP contribution in [-0.2, 0) is 14.4 Å². The van der Waals surface area contributed by atoms with Crippen LogP contribution in [0, 0.1) is 0 Å². The van der Waals surface area contributed by atoms with Gasteiger partial charge >= 0.3 is 0 Å². The van der Waals surface area contributed by atoms with Crippen LogP contribution in [0.4, 0.5) is 0 Å². The normalized spacial score (nSPS) is 17.0. The number of nitrogens with one attached hydrogen (secondary N) is 1. The van der Waals surface area contributed by atoms with E-state index in [1.807, 2.05) is 30.3 Å². The molecule has 3 amide bonds. The molecule has 0 saturated carbocycles. The van der Waals surface area contributed by atoms with Gasteiger partial charge in [0.1, 0.15) is 12.2 Å². The molecule has 2 aromatic rings. The Morgan fingerprint density at radius 2 is 2.09 bits per heavy atom. The number of amides is 3. The summed E-state index contributed by atoms with van der Waals surface area (Å²) < 4.78 is 0. The van der Waals surface area contributed by atoms with Crippen LogP contribution in [0.2, 0.25) is 0 Å². The Kier molecular flexibility index (Phi) is 3.42. The third-order valence-electron chi connectivity index (χ3n) is 3.35. The predicted molar refractivity (Wildman–Crippen MR) is 80.3 cm³/mol. The molecule has 110 valence electrons. The van der Waals surface area contributed by atoms with E-state index in [4.69, 9.17) is 0 Å². The molecule has 1 saturated heterocycles. The predicted octanol–water partition coefficient (Wildman–Crippen LogP) is 1.08.